The van der Waals surface area contributed by atoms with Crippen LogP contribution >= 0.6 is 0 Å². The molecule has 0 aliphatic rings. The fourth-order valence-electron chi connectivity index (χ4n) is 5.81. The van der Waals surface area contributed by atoms with Gasteiger partial charge < -0.3 is 9.64 Å². The smallest absolute Gasteiger partial charge is 0.333 e. The van der Waals surface area contributed by atoms with Crippen molar-refractivity contribution >= 4 is 34.7 Å². The lowest BCUT2D eigenvalue weighted by atomic mass is 9.91. The van der Waals surface area contributed by atoms with E-state index in [0.29, 0.717) is 5.57 Å². The molecule has 0 atom stereocenters. The summed E-state index contributed by atoms with van der Waals surface area (Å²) < 4.78 is 5.40. The molecule has 3 nitrogen and oxygen atoms in total. The summed E-state index contributed by atoms with van der Waals surface area (Å²) in [5, 5.41) is 0. The Morgan fingerprint density at radius 3 is 1.70 bits per heavy atom. The molecule has 0 unspecified atom stereocenters. The van der Waals surface area contributed by atoms with Gasteiger partial charge in [-0.05, 0) is 134 Å². The van der Waals surface area contributed by atoms with Gasteiger partial charge in [0.1, 0.15) is 6.61 Å². The summed E-state index contributed by atoms with van der Waals surface area (Å²) in [5.41, 5.74) is 17.0. The lowest BCUT2D eigenvalue weighted by molar-refractivity contribution is -0.140. The second-order valence-corrected chi connectivity index (χ2v) is 12.2. The molecular formula is C43H43NO2. The van der Waals surface area contributed by atoms with E-state index in [1.807, 2.05) is 12.1 Å². The molecule has 232 valence electrons. The molecule has 0 N–H and O–H groups in total. The zero-order valence-electron chi connectivity index (χ0n) is 28.1. The zero-order chi connectivity index (χ0) is 33.0. The third kappa shape index (κ3) is 6.89. The highest BCUT2D eigenvalue weighted by Crippen LogP contribution is 2.42. The van der Waals surface area contributed by atoms with Gasteiger partial charge >= 0.3 is 5.97 Å². The van der Waals surface area contributed by atoms with Crippen LogP contribution in [0.3, 0.4) is 0 Å². The highest BCUT2D eigenvalue weighted by atomic mass is 16.5. The average Bonchev–Trinajstić information content (AvgIpc) is 3.07. The number of benzene rings is 5. The number of esters is 1. The van der Waals surface area contributed by atoms with Gasteiger partial charge in [0.2, 0.25) is 0 Å². The highest BCUT2D eigenvalue weighted by molar-refractivity contribution is 5.92. The van der Waals surface area contributed by atoms with Gasteiger partial charge in [-0.25, -0.2) is 4.79 Å². The predicted molar refractivity (Wildman–Crippen MR) is 194 cm³/mol. The van der Waals surface area contributed by atoms with Gasteiger partial charge in [-0.15, -0.1) is 0 Å². The lowest BCUT2D eigenvalue weighted by Crippen LogP contribution is -2.15. The maximum atomic E-state index is 12.0. The average molecular weight is 606 g/mol. The van der Waals surface area contributed by atoms with Gasteiger partial charge in [0.25, 0.3) is 0 Å². The fraction of sp³-hybridized carbons (Fsp3) is 0.186. The molecule has 5 rings (SSSR count). The SMILES string of the molecule is C=C(C)C(=O)OCc1ccc(N(c2ccc(/C=C(\c3ccccc3)c3ccc(C)cc3)cc2)c2c(C)c(C)c(C)c(C)c2C)cc1. The highest BCUT2D eigenvalue weighted by Gasteiger charge is 2.21. The number of ether oxygens (including phenoxy) is 1. The molecule has 0 heterocycles. The van der Waals surface area contributed by atoms with Crippen molar-refractivity contribution in [2.75, 3.05) is 4.90 Å². The maximum Gasteiger partial charge on any atom is 0.333 e. The molecule has 0 amide bonds. The first kappa shape index (κ1) is 32.2. The second-order valence-electron chi connectivity index (χ2n) is 12.2. The first-order chi connectivity index (χ1) is 22.0. The molecule has 0 saturated carbocycles. The van der Waals surface area contributed by atoms with Crippen LogP contribution in [0.15, 0.2) is 115 Å². The minimum Gasteiger partial charge on any atom is -0.457 e. The maximum absolute atomic E-state index is 12.0. The van der Waals surface area contributed by atoms with E-state index in [4.69, 9.17) is 4.74 Å². The van der Waals surface area contributed by atoms with Crippen molar-refractivity contribution in [3.8, 4) is 0 Å². The Balaban J connectivity index is 1.58. The van der Waals surface area contributed by atoms with Gasteiger partial charge in [0.05, 0.1) is 5.69 Å². The third-order valence-electron chi connectivity index (χ3n) is 9.01. The number of hydrogen-bond acceptors (Lipinski definition) is 3. The Labute approximate surface area is 274 Å². The zero-order valence-corrected chi connectivity index (χ0v) is 28.1. The topological polar surface area (TPSA) is 29.5 Å². The van der Waals surface area contributed by atoms with Crippen LogP contribution in [0.2, 0.25) is 0 Å². The summed E-state index contributed by atoms with van der Waals surface area (Å²) in [6.07, 6.45) is 2.27. The van der Waals surface area contributed by atoms with Crippen LogP contribution in [-0.2, 0) is 16.1 Å². The minimum atomic E-state index is -0.380. The van der Waals surface area contributed by atoms with Gasteiger partial charge in [-0.3, -0.25) is 0 Å². The standard InChI is InChI=1S/C43H43NO2/c1-28(2)43(45)46-27-36-18-24-40(25-19-36)44(42-33(7)31(5)30(4)32(6)34(42)8)39-22-16-35(17-23-39)26-41(37-12-10-9-11-13-37)38-20-14-29(3)15-21-38/h9-26H,1,27H2,2-8H3/b41-26+. The Bertz CT molecular complexity index is 1870. The van der Waals surface area contributed by atoms with E-state index in [0.717, 1.165) is 22.5 Å². The van der Waals surface area contributed by atoms with Crippen molar-refractivity contribution in [3.63, 3.8) is 0 Å². The predicted octanol–water partition coefficient (Wildman–Crippen LogP) is 11.2. The Kier molecular flexibility index (Phi) is 9.72. The molecule has 3 heteroatoms. The van der Waals surface area contributed by atoms with Crippen LogP contribution < -0.4 is 4.90 Å². The van der Waals surface area contributed by atoms with E-state index in [1.54, 1.807) is 6.92 Å². The van der Waals surface area contributed by atoms with E-state index in [1.165, 1.54) is 55.8 Å². The van der Waals surface area contributed by atoms with Crippen molar-refractivity contribution in [2.45, 2.75) is 55.1 Å². The second kappa shape index (κ2) is 13.9. The van der Waals surface area contributed by atoms with Crippen LogP contribution in [0, 0.1) is 41.5 Å². The minimum absolute atomic E-state index is 0.207. The Hall–Kier alpha value is -5.15. The van der Waals surface area contributed by atoms with Crippen LogP contribution in [-0.4, -0.2) is 5.97 Å². The molecule has 46 heavy (non-hydrogen) atoms. The van der Waals surface area contributed by atoms with Crippen molar-refractivity contribution in [2.24, 2.45) is 0 Å². The lowest BCUT2D eigenvalue weighted by Gasteiger charge is -2.31. The Morgan fingerprint density at radius 1 is 0.652 bits per heavy atom. The van der Waals surface area contributed by atoms with E-state index >= 15 is 0 Å². The van der Waals surface area contributed by atoms with Crippen molar-refractivity contribution in [1.29, 1.82) is 0 Å². The molecule has 0 spiro atoms. The monoisotopic (exact) mass is 605 g/mol. The number of hydrogen-bond donors (Lipinski definition) is 0. The summed E-state index contributed by atoms with van der Waals surface area (Å²) in [7, 11) is 0. The van der Waals surface area contributed by atoms with Crippen LogP contribution in [0.25, 0.3) is 11.6 Å². The van der Waals surface area contributed by atoms with E-state index in [9.17, 15) is 4.79 Å². The number of carbonyl (C=O) groups is 1. The fourth-order valence-corrected chi connectivity index (χ4v) is 5.81. The summed E-state index contributed by atoms with van der Waals surface area (Å²) in [6, 6.07) is 36.3. The summed E-state index contributed by atoms with van der Waals surface area (Å²) in [6.45, 7) is 18.7. The number of nitrogens with zero attached hydrogens (tertiary/aromatic N) is 1. The molecule has 0 fully saturated rings. The summed E-state index contributed by atoms with van der Waals surface area (Å²) in [4.78, 5) is 14.3. The van der Waals surface area contributed by atoms with Crippen molar-refractivity contribution < 1.29 is 9.53 Å². The normalized spacial score (nSPS) is 11.3. The van der Waals surface area contributed by atoms with Crippen LogP contribution in [0.4, 0.5) is 17.1 Å². The molecule has 5 aromatic rings. The van der Waals surface area contributed by atoms with Crippen molar-refractivity contribution in [3.05, 3.63) is 171 Å². The quantitative estimate of drug-likeness (QED) is 0.0951. The Morgan fingerprint density at radius 2 is 1.15 bits per heavy atom. The largest absolute Gasteiger partial charge is 0.457 e. The van der Waals surface area contributed by atoms with Crippen LogP contribution in [0.5, 0.6) is 0 Å². The summed E-state index contributed by atoms with van der Waals surface area (Å²) in [5.74, 6) is -0.380. The van der Waals surface area contributed by atoms with Gasteiger partial charge in [-0.1, -0.05) is 91.0 Å². The van der Waals surface area contributed by atoms with Crippen molar-refractivity contribution in [1.82, 2.24) is 0 Å². The summed E-state index contributed by atoms with van der Waals surface area (Å²) >= 11 is 0. The molecule has 0 aliphatic heterocycles. The number of carbonyl (C=O) groups excluding carboxylic acids is 1. The first-order valence-corrected chi connectivity index (χ1v) is 15.8. The molecular weight excluding hydrogens is 562 g/mol. The third-order valence-corrected chi connectivity index (χ3v) is 9.01. The van der Waals surface area contributed by atoms with Gasteiger partial charge in [0, 0.05) is 16.9 Å². The van der Waals surface area contributed by atoms with E-state index in [2.05, 4.69) is 150 Å². The van der Waals surface area contributed by atoms with Gasteiger partial charge in [0.15, 0.2) is 0 Å². The van der Waals surface area contributed by atoms with Crippen LogP contribution in [0.1, 0.15) is 62.6 Å². The number of rotatable bonds is 9. The van der Waals surface area contributed by atoms with E-state index < -0.39 is 0 Å². The molecule has 5 aromatic carbocycles. The molecule has 0 saturated heterocycles. The van der Waals surface area contributed by atoms with Gasteiger partial charge in [-0.2, -0.15) is 0 Å². The molecule has 0 radical (unpaired) electrons. The molecule has 0 aliphatic carbocycles. The number of aryl methyl sites for hydroxylation is 1. The first-order valence-electron chi connectivity index (χ1n) is 15.8. The van der Waals surface area contributed by atoms with E-state index in [-0.39, 0.29) is 12.6 Å². The molecule has 0 bridgehead atoms. The number of anilines is 3. The molecule has 0 aromatic heterocycles.